The Morgan fingerprint density at radius 1 is 1.32 bits per heavy atom. The van der Waals surface area contributed by atoms with Crippen molar-refractivity contribution in [1.82, 2.24) is 19.3 Å². The number of hydrogen-bond donors (Lipinski definition) is 2. The largest absolute Gasteiger partial charge is 0.401 e. The maximum absolute atomic E-state index is 13.0. The molecule has 0 aliphatic carbocycles. The lowest BCUT2D eigenvalue weighted by Crippen LogP contribution is -2.37. The minimum atomic E-state index is -4.25. The predicted molar refractivity (Wildman–Crippen MR) is 112 cm³/mol. The number of nitrogens with zero attached hydrogens (tertiary/aromatic N) is 3. The van der Waals surface area contributed by atoms with Crippen molar-refractivity contribution in [2.45, 2.75) is 24.2 Å². The molecule has 2 N–H and O–H groups in total. The molecule has 13 heteroatoms. The third-order valence-electron chi connectivity index (χ3n) is 5.14. The normalized spacial score (nSPS) is 15.6. The lowest BCUT2D eigenvalue weighted by atomic mass is 10.0. The van der Waals surface area contributed by atoms with Crippen molar-refractivity contribution < 1.29 is 21.6 Å². The van der Waals surface area contributed by atoms with Crippen LogP contribution in [0.3, 0.4) is 0 Å². The first-order valence-corrected chi connectivity index (χ1v) is 11.9. The van der Waals surface area contributed by atoms with Crippen molar-refractivity contribution in [3.63, 3.8) is 0 Å². The number of nitrogens with one attached hydrogen (secondary N) is 2. The van der Waals surface area contributed by atoms with E-state index in [1.54, 1.807) is 29.8 Å². The van der Waals surface area contributed by atoms with Gasteiger partial charge in [-0.15, -0.1) is 11.3 Å². The summed E-state index contributed by atoms with van der Waals surface area (Å²) >= 11 is 7.32. The summed E-state index contributed by atoms with van der Waals surface area (Å²) in [5, 5.41) is 2.22. The van der Waals surface area contributed by atoms with E-state index >= 15 is 0 Å². The fourth-order valence-corrected chi connectivity index (χ4v) is 6.44. The van der Waals surface area contributed by atoms with Gasteiger partial charge < -0.3 is 4.98 Å². The fourth-order valence-electron chi connectivity index (χ4n) is 3.93. The number of aromatic nitrogens is 3. The number of alkyl halides is 3. The average Bonchev–Trinajstić information content (AvgIpc) is 3.31. The molecule has 4 aromatic rings. The monoisotopic (exact) mass is 489 g/mol. The van der Waals surface area contributed by atoms with Crippen molar-refractivity contribution in [1.29, 1.82) is 0 Å². The van der Waals surface area contributed by atoms with Crippen molar-refractivity contribution in [3.05, 3.63) is 46.2 Å². The van der Waals surface area contributed by atoms with E-state index in [9.17, 15) is 21.6 Å². The Bertz CT molecular complexity index is 1410. The summed E-state index contributed by atoms with van der Waals surface area (Å²) in [6.45, 7) is -0.529. The van der Waals surface area contributed by atoms with Crippen LogP contribution in [0.25, 0.3) is 15.9 Å². The number of fused-ring (bicyclic) bond motifs is 4. The summed E-state index contributed by atoms with van der Waals surface area (Å²) < 4.78 is 68.0. The second-order valence-electron chi connectivity index (χ2n) is 7.29. The van der Waals surface area contributed by atoms with E-state index < -0.39 is 22.7 Å². The van der Waals surface area contributed by atoms with Gasteiger partial charge >= 0.3 is 6.18 Å². The van der Waals surface area contributed by atoms with Gasteiger partial charge in [0.1, 0.15) is 0 Å². The van der Waals surface area contributed by atoms with Crippen LogP contribution >= 0.6 is 22.9 Å². The molecule has 7 nitrogen and oxygen atoms in total. The zero-order valence-corrected chi connectivity index (χ0v) is 18.1. The van der Waals surface area contributed by atoms with Crippen LogP contribution in [0.1, 0.15) is 11.3 Å². The maximum atomic E-state index is 13.0. The van der Waals surface area contributed by atoms with E-state index in [0.29, 0.717) is 22.8 Å². The minimum Gasteiger partial charge on any atom is -0.357 e. The Labute approximate surface area is 183 Å². The molecule has 0 unspecified atom stereocenters. The average molecular weight is 490 g/mol. The number of aromatic amines is 1. The minimum absolute atomic E-state index is 0.121. The molecule has 4 heterocycles. The number of benzene rings is 1. The van der Waals surface area contributed by atoms with Gasteiger partial charge in [-0.1, -0.05) is 11.6 Å². The first kappa shape index (κ1) is 20.6. The molecule has 164 valence electrons. The van der Waals surface area contributed by atoms with Gasteiger partial charge in [-0.3, -0.25) is 14.0 Å². The highest BCUT2D eigenvalue weighted by atomic mass is 35.5. The smallest absolute Gasteiger partial charge is 0.357 e. The highest BCUT2D eigenvalue weighted by Gasteiger charge is 2.33. The molecular formula is C18H15ClF3N5O2S2. The second-order valence-corrected chi connectivity index (χ2v) is 10.1. The van der Waals surface area contributed by atoms with Crippen LogP contribution in [0, 0.1) is 0 Å². The highest BCUT2D eigenvalue weighted by Crippen LogP contribution is 2.32. The summed E-state index contributed by atoms with van der Waals surface area (Å²) in [5.74, 6) is 0. The van der Waals surface area contributed by atoms with Crippen molar-refractivity contribution in [2.75, 3.05) is 17.8 Å². The molecule has 0 spiro atoms. The molecule has 0 radical (unpaired) electrons. The summed E-state index contributed by atoms with van der Waals surface area (Å²) in [6, 6.07) is 4.98. The molecule has 1 aliphatic heterocycles. The number of H-pyrrole nitrogens is 1. The standard InChI is InChI=1S/C18H15ClF3N5O2S2/c19-15-16(27-5-6-30-17(27)24-15)31(28,29)25-10-1-2-13-12(7-10)11-3-4-26(8-14(11)23-13)9-18(20,21)22/h1-2,5-7,23,25H,3-4,8-9H2. The van der Waals surface area contributed by atoms with Crippen molar-refractivity contribution in [3.8, 4) is 0 Å². The molecule has 31 heavy (non-hydrogen) atoms. The molecule has 0 amide bonds. The van der Waals surface area contributed by atoms with E-state index in [2.05, 4.69) is 14.7 Å². The molecule has 0 atom stereocenters. The van der Waals surface area contributed by atoms with E-state index in [4.69, 9.17) is 11.6 Å². The van der Waals surface area contributed by atoms with E-state index in [1.807, 2.05) is 0 Å². The second kappa shape index (κ2) is 7.12. The molecule has 0 fully saturated rings. The van der Waals surface area contributed by atoms with Gasteiger partial charge in [-0.05, 0) is 30.2 Å². The number of imidazole rings is 1. The quantitative estimate of drug-likeness (QED) is 0.449. The highest BCUT2D eigenvalue weighted by molar-refractivity contribution is 7.92. The summed E-state index contributed by atoms with van der Waals surface area (Å²) in [6.07, 6.45) is -2.24. The molecule has 0 bridgehead atoms. The number of sulfonamides is 1. The Morgan fingerprint density at radius 2 is 2.13 bits per heavy atom. The molecule has 5 rings (SSSR count). The number of halogens is 4. The fraction of sp³-hybridized carbons (Fsp3) is 0.278. The molecule has 0 saturated carbocycles. The van der Waals surface area contributed by atoms with Gasteiger partial charge in [0.2, 0.25) is 0 Å². The van der Waals surface area contributed by atoms with Crippen LogP contribution in [-0.4, -0.2) is 47.0 Å². The van der Waals surface area contributed by atoms with E-state index in [0.717, 1.165) is 16.5 Å². The molecule has 1 aromatic carbocycles. The van der Waals surface area contributed by atoms with Crippen molar-refractivity contribution >= 4 is 54.5 Å². The van der Waals surface area contributed by atoms with Crippen LogP contribution in [-0.2, 0) is 23.0 Å². The lowest BCUT2D eigenvalue weighted by molar-refractivity contribution is -0.147. The first-order valence-electron chi connectivity index (χ1n) is 9.17. The van der Waals surface area contributed by atoms with Gasteiger partial charge in [-0.25, -0.2) is 4.98 Å². The van der Waals surface area contributed by atoms with Crippen molar-refractivity contribution in [2.24, 2.45) is 0 Å². The third kappa shape index (κ3) is 3.77. The molecule has 1 aliphatic rings. The Kier molecular flexibility index (Phi) is 4.73. The summed E-state index contributed by atoms with van der Waals surface area (Å²) in [4.78, 5) is 9.01. The SMILES string of the molecule is O=S(=O)(Nc1ccc2[nH]c3c(c2c1)CCN(CC(F)(F)F)C3)c1c(Cl)nc2sccn12. The van der Waals surface area contributed by atoms with Crippen LogP contribution < -0.4 is 4.72 Å². The van der Waals surface area contributed by atoms with E-state index in [-0.39, 0.29) is 23.3 Å². The van der Waals surface area contributed by atoms with E-state index in [1.165, 1.54) is 20.6 Å². The van der Waals surface area contributed by atoms with Crippen LogP contribution in [0.5, 0.6) is 0 Å². The van der Waals surface area contributed by atoms with Crippen LogP contribution in [0.4, 0.5) is 18.9 Å². The van der Waals surface area contributed by atoms with Gasteiger partial charge in [0.15, 0.2) is 15.1 Å². The number of hydrogen-bond acceptors (Lipinski definition) is 5. The Morgan fingerprint density at radius 3 is 2.90 bits per heavy atom. The number of rotatable bonds is 4. The van der Waals surface area contributed by atoms with Crippen LogP contribution in [0.15, 0.2) is 34.8 Å². The number of thiazole rings is 1. The van der Waals surface area contributed by atoms with Gasteiger partial charge in [-0.2, -0.15) is 21.6 Å². The lowest BCUT2D eigenvalue weighted by Gasteiger charge is -2.27. The van der Waals surface area contributed by atoms with Gasteiger partial charge in [0.05, 0.1) is 6.54 Å². The molecule has 0 saturated heterocycles. The topological polar surface area (TPSA) is 82.5 Å². The third-order valence-corrected chi connectivity index (χ3v) is 7.68. The molecular weight excluding hydrogens is 475 g/mol. The predicted octanol–water partition coefficient (Wildman–Crippen LogP) is 4.25. The number of anilines is 1. The Balaban J connectivity index is 1.46. The molecule has 3 aromatic heterocycles. The summed E-state index contributed by atoms with van der Waals surface area (Å²) in [5.41, 5.74) is 2.68. The van der Waals surface area contributed by atoms with Gasteiger partial charge in [0.25, 0.3) is 10.0 Å². The summed E-state index contributed by atoms with van der Waals surface area (Å²) in [7, 11) is -4.02. The first-order chi connectivity index (χ1) is 14.6. The zero-order valence-electron chi connectivity index (χ0n) is 15.7. The van der Waals surface area contributed by atoms with Crippen LogP contribution in [0.2, 0.25) is 5.15 Å². The zero-order chi connectivity index (χ0) is 22.0. The Hall–Kier alpha value is -2.28. The maximum Gasteiger partial charge on any atom is 0.401 e. The van der Waals surface area contributed by atoms with Gasteiger partial charge in [0, 0.05) is 47.0 Å².